The molecule has 1 N–H and O–H groups in total. The smallest absolute Gasteiger partial charge is 0.249 e. The van der Waals surface area contributed by atoms with Crippen LogP contribution in [0.4, 0.5) is 0 Å². The van der Waals surface area contributed by atoms with E-state index in [4.69, 9.17) is 0 Å². The average Bonchev–Trinajstić information content (AvgIpc) is 2.35. The van der Waals surface area contributed by atoms with Gasteiger partial charge in [-0.25, -0.2) is 0 Å². The van der Waals surface area contributed by atoms with Crippen molar-refractivity contribution >= 4 is 11.8 Å². The number of amides is 2. The van der Waals surface area contributed by atoms with Crippen LogP contribution >= 0.6 is 0 Å². The van der Waals surface area contributed by atoms with Gasteiger partial charge in [0.1, 0.15) is 0 Å². The first-order valence-electron chi connectivity index (χ1n) is 6.47. The van der Waals surface area contributed by atoms with Crippen molar-refractivity contribution in [2.45, 2.75) is 39.8 Å². The van der Waals surface area contributed by atoms with E-state index >= 15 is 0 Å². The predicted octanol–water partition coefficient (Wildman–Crippen LogP) is 1.54. The van der Waals surface area contributed by atoms with Gasteiger partial charge in [-0.2, -0.15) is 0 Å². The summed E-state index contributed by atoms with van der Waals surface area (Å²) in [6.45, 7) is 8.24. The molecule has 1 heterocycles. The average molecular weight is 260 g/mol. The molecular formula is C15H20N2O2. The summed E-state index contributed by atoms with van der Waals surface area (Å²) in [6, 6.07) is 6.02. The molecule has 19 heavy (non-hydrogen) atoms. The topological polar surface area (TPSA) is 49.4 Å². The molecule has 0 spiro atoms. The van der Waals surface area contributed by atoms with Crippen LogP contribution in [0, 0.1) is 13.8 Å². The minimum absolute atomic E-state index is 0.164. The van der Waals surface area contributed by atoms with Crippen molar-refractivity contribution in [2.75, 3.05) is 6.54 Å². The number of nitrogens with one attached hydrogen (secondary N) is 1. The van der Waals surface area contributed by atoms with E-state index in [9.17, 15) is 9.59 Å². The Balaban J connectivity index is 2.23. The van der Waals surface area contributed by atoms with Crippen molar-refractivity contribution in [2.24, 2.45) is 0 Å². The lowest BCUT2D eigenvalue weighted by Crippen LogP contribution is -2.63. The molecule has 4 heteroatoms. The van der Waals surface area contributed by atoms with Crippen LogP contribution in [0.3, 0.4) is 0 Å². The van der Waals surface area contributed by atoms with Gasteiger partial charge in [0.05, 0.1) is 18.6 Å². The third-order valence-corrected chi connectivity index (χ3v) is 3.67. The molecule has 0 saturated carbocycles. The fraction of sp³-hybridized carbons (Fsp3) is 0.467. The summed E-state index contributed by atoms with van der Waals surface area (Å²) in [5.74, 6) is -0.329. The quantitative estimate of drug-likeness (QED) is 0.821. The Labute approximate surface area is 113 Å². The highest BCUT2D eigenvalue weighted by Gasteiger charge is 2.39. The van der Waals surface area contributed by atoms with Crippen molar-refractivity contribution in [1.82, 2.24) is 10.2 Å². The van der Waals surface area contributed by atoms with Gasteiger partial charge in [0, 0.05) is 0 Å². The summed E-state index contributed by atoms with van der Waals surface area (Å²) in [7, 11) is 0. The maximum atomic E-state index is 12.3. The highest BCUT2D eigenvalue weighted by atomic mass is 16.2. The van der Waals surface area contributed by atoms with E-state index in [1.165, 1.54) is 16.0 Å². The van der Waals surface area contributed by atoms with Gasteiger partial charge in [0.2, 0.25) is 11.8 Å². The zero-order valence-electron chi connectivity index (χ0n) is 11.9. The van der Waals surface area contributed by atoms with Crippen LogP contribution in [0.1, 0.15) is 30.5 Å². The van der Waals surface area contributed by atoms with E-state index in [0.717, 1.165) is 5.56 Å². The molecule has 0 atom stereocenters. The van der Waals surface area contributed by atoms with Crippen molar-refractivity contribution in [1.29, 1.82) is 0 Å². The van der Waals surface area contributed by atoms with Crippen molar-refractivity contribution in [3.05, 3.63) is 34.9 Å². The van der Waals surface area contributed by atoms with E-state index in [0.29, 0.717) is 6.54 Å². The summed E-state index contributed by atoms with van der Waals surface area (Å²) >= 11 is 0. The number of nitrogens with zero attached hydrogens (tertiary/aromatic N) is 1. The highest BCUT2D eigenvalue weighted by molar-refractivity contribution is 6.02. The van der Waals surface area contributed by atoms with Crippen molar-refractivity contribution in [3.63, 3.8) is 0 Å². The number of piperazine rings is 1. The second kappa shape index (κ2) is 4.78. The summed E-state index contributed by atoms with van der Waals surface area (Å²) < 4.78 is 0. The second-order valence-corrected chi connectivity index (χ2v) is 5.68. The number of carbonyl (C=O) groups excluding carboxylic acids is 2. The first kappa shape index (κ1) is 13.7. The Morgan fingerprint density at radius 3 is 2.53 bits per heavy atom. The third-order valence-electron chi connectivity index (χ3n) is 3.67. The summed E-state index contributed by atoms with van der Waals surface area (Å²) in [4.78, 5) is 25.5. The molecule has 0 aromatic heterocycles. The van der Waals surface area contributed by atoms with E-state index in [1.807, 2.05) is 32.0 Å². The van der Waals surface area contributed by atoms with Crippen molar-refractivity contribution in [3.8, 4) is 0 Å². The molecule has 1 aromatic rings. The van der Waals surface area contributed by atoms with Crippen LogP contribution < -0.4 is 5.32 Å². The van der Waals surface area contributed by atoms with Gasteiger partial charge in [0.15, 0.2) is 0 Å². The third kappa shape index (κ3) is 2.68. The maximum absolute atomic E-state index is 12.3. The molecule has 1 fully saturated rings. The lowest BCUT2D eigenvalue weighted by molar-refractivity contribution is -0.153. The van der Waals surface area contributed by atoms with Gasteiger partial charge in [-0.05, 0) is 44.4 Å². The van der Waals surface area contributed by atoms with Crippen LogP contribution in [0.15, 0.2) is 18.2 Å². The molecule has 1 saturated heterocycles. The van der Waals surface area contributed by atoms with Gasteiger partial charge in [-0.1, -0.05) is 18.2 Å². The molecule has 2 amide bonds. The molecule has 1 aromatic carbocycles. The van der Waals surface area contributed by atoms with Gasteiger partial charge >= 0.3 is 0 Å². The Morgan fingerprint density at radius 2 is 1.89 bits per heavy atom. The van der Waals surface area contributed by atoms with Gasteiger partial charge in [0.25, 0.3) is 0 Å². The SMILES string of the molecule is Cc1ccc(CN2C(=O)CNC(C)(C)C2=O)cc1C. The Bertz CT molecular complexity index is 535. The molecule has 0 bridgehead atoms. The lowest BCUT2D eigenvalue weighted by Gasteiger charge is -2.36. The lowest BCUT2D eigenvalue weighted by atomic mass is 9.99. The number of hydrogen-bond acceptors (Lipinski definition) is 3. The molecule has 102 valence electrons. The first-order chi connectivity index (χ1) is 8.81. The highest BCUT2D eigenvalue weighted by Crippen LogP contribution is 2.18. The number of benzene rings is 1. The molecule has 0 unspecified atom stereocenters. The molecule has 4 nitrogen and oxygen atoms in total. The van der Waals surface area contributed by atoms with Crippen LogP contribution in [-0.4, -0.2) is 28.8 Å². The predicted molar refractivity (Wildman–Crippen MR) is 73.6 cm³/mol. The zero-order chi connectivity index (χ0) is 14.2. The monoisotopic (exact) mass is 260 g/mol. The van der Waals surface area contributed by atoms with Crippen LogP contribution in [0.5, 0.6) is 0 Å². The molecule has 0 radical (unpaired) electrons. The number of hydrogen-bond donors (Lipinski definition) is 1. The number of imide groups is 1. The van der Waals surface area contributed by atoms with Crippen LogP contribution in [0.2, 0.25) is 0 Å². The van der Waals surface area contributed by atoms with Crippen molar-refractivity contribution < 1.29 is 9.59 Å². The molecule has 1 aliphatic heterocycles. The maximum Gasteiger partial charge on any atom is 0.249 e. The Morgan fingerprint density at radius 1 is 1.21 bits per heavy atom. The van der Waals surface area contributed by atoms with Crippen LogP contribution in [0.25, 0.3) is 0 Å². The molecular weight excluding hydrogens is 240 g/mol. The first-order valence-corrected chi connectivity index (χ1v) is 6.47. The Hall–Kier alpha value is -1.68. The number of aryl methyl sites for hydroxylation is 2. The van der Waals surface area contributed by atoms with E-state index < -0.39 is 5.54 Å². The van der Waals surface area contributed by atoms with Gasteiger partial charge in [-0.3, -0.25) is 19.8 Å². The van der Waals surface area contributed by atoms with Crippen LogP contribution in [-0.2, 0) is 16.1 Å². The van der Waals surface area contributed by atoms with E-state index in [1.54, 1.807) is 13.8 Å². The number of rotatable bonds is 2. The van der Waals surface area contributed by atoms with Gasteiger partial charge in [-0.15, -0.1) is 0 Å². The van der Waals surface area contributed by atoms with E-state index in [-0.39, 0.29) is 18.4 Å². The fourth-order valence-corrected chi connectivity index (χ4v) is 2.16. The normalized spacial score (nSPS) is 18.8. The minimum atomic E-state index is -0.673. The fourth-order valence-electron chi connectivity index (χ4n) is 2.16. The largest absolute Gasteiger partial charge is 0.295 e. The second-order valence-electron chi connectivity index (χ2n) is 5.68. The van der Waals surface area contributed by atoms with Gasteiger partial charge < -0.3 is 0 Å². The Kier molecular flexibility index (Phi) is 3.45. The number of carbonyl (C=O) groups is 2. The zero-order valence-corrected chi connectivity index (χ0v) is 11.9. The summed E-state index contributed by atoms with van der Waals surface area (Å²) in [5.41, 5.74) is 2.70. The molecule has 0 aliphatic carbocycles. The standard InChI is InChI=1S/C15H20N2O2/c1-10-5-6-12(7-11(10)2)9-17-13(18)8-16-15(3,4)14(17)19/h5-7,16H,8-9H2,1-4H3. The minimum Gasteiger partial charge on any atom is -0.295 e. The molecule has 1 aliphatic rings. The summed E-state index contributed by atoms with van der Waals surface area (Å²) in [6.07, 6.45) is 0. The molecule has 2 rings (SSSR count). The summed E-state index contributed by atoms with van der Waals surface area (Å²) in [5, 5.41) is 2.95. The van der Waals surface area contributed by atoms with E-state index in [2.05, 4.69) is 5.32 Å².